The molecular weight excluding hydrogens is 457 g/mol. The summed E-state index contributed by atoms with van der Waals surface area (Å²) in [4.78, 5) is 27.3. The molecule has 0 radical (unpaired) electrons. The van der Waals surface area contributed by atoms with E-state index < -0.39 is 27.3 Å². The lowest BCUT2D eigenvalue weighted by atomic mass is 10.1. The van der Waals surface area contributed by atoms with E-state index in [9.17, 15) is 22.4 Å². The molecule has 7 nitrogen and oxygen atoms in total. The Labute approximate surface area is 194 Å². The molecule has 4 rings (SSSR count). The number of sulfonamides is 1. The lowest BCUT2D eigenvalue weighted by Crippen LogP contribution is -2.25. The van der Waals surface area contributed by atoms with Gasteiger partial charge < -0.3 is 10.3 Å². The molecule has 0 saturated carbocycles. The fourth-order valence-corrected chi connectivity index (χ4v) is 4.29. The maximum Gasteiger partial charge on any atom is 0.261 e. The van der Waals surface area contributed by atoms with Crippen LogP contribution in [0.2, 0.25) is 0 Å². The molecule has 1 heterocycles. The number of rotatable bonds is 5. The smallest absolute Gasteiger partial charge is 0.261 e. The fourth-order valence-electron chi connectivity index (χ4n) is 3.21. The average Bonchev–Trinajstić information content (AvgIpc) is 2.83. The van der Waals surface area contributed by atoms with Crippen molar-refractivity contribution in [3.63, 3.8) is 0 Å². The lowest BCUT2D eigenvalue weighted by Gasteiger charge is -2.11. The van der Waals surface area contributed by atoms with Crippen LogP contribution in [0.15, 0.2) is 88.6 Å². The SMILES string of the molecule is O=C(NCC#Cc1ccccc1)c1cc(=O)[nH]c2ccc(S(=O)(=O)Nc3ccc(F)cc3)cc12. The Morgan fingerprint density at radius 1 is 0.971 bits per heavy atom. The molecule has 3 N–H and O–H groups in total. The zero-order valence-corrected chi connectivity index (χ0v) is 18.4. The molecule has 0 saturated heterocycles. The summed E-state index contributed by atoms with van der Waals surface area (Å²) in [7, 11) is -4.04. The van der Waals surface area contributed by atoms with E-state index >= 15 is 0 Å². The predicted octanol–water partition coefficient (Wildman–Crippen LogP) is 3.25. The molecule has 0 aliphatic carbocycles. The molecule has 9 heteroatoms. The third kappa shape index (κ3) is 5.31. The molecular formula is C25H18FN3O4S. The van der Waals surface area contributed by atoms with Crippen molar-refractivity contribution in [1.82, 2.24) is 10.3 Å². The van der Waals surface area contributed by atoms with Gasteiger partial charge >= 0.3 is 0 Å². The monoisotopic (exact) mass is 475 g/mol. The van der Waals surface area contributed by atoms with Gasteiger partial charge in [-0.05, 0) is 54.6 Å². The van der Waals surface area contributed by atoms with Gasteiger partial charge in [-0.1, -0.05) is 30.0 Å². The summed E-state index contributed by atoms with van der Waals surface area (Å²) < 4.78 is 41.1. The van der Waals surface area contributed by atoms with Gasteiger partial charge in [0.25, 0.3) is 15.9 Å². The molecule has 0 fully saturated rings. The second-order valence-electron chi connectivity index (χ2n) is 7.22. The Kier molecular flexibility index (Phi) is 6.43. The van der Waals surface area contributed by atoms with Crippen LogP contribution < -0.4 is 15.6 Å². The Morgan fingerprint density at radius 2 is 1.71 bits per heavy atom. The number of nitrogens with one attached hydrogen (secondary N) is 3. The minimum absolute atomic E-state index is 0.0130. The number of hydrogen-bond acceptors (Lipinski definition) is 4. The molecule has 0 spiro atoms. The Balaban J connectivity index is 1.61. The first-order chi connectivity index (χ1) is 16.3. The van der Waals surface area contributed by atoms with Crippen LogP contribution in [0.1, 0.15) is 15.9 Å². The van der Waals surface area contributed by atoms with E-state index in [1.165, 1.54) is 30.3 Å². The molecule has 0 aliphatic rings. The number of hydrogen-bond donors (Lipinski definition) is 3. The number of aromatic amines is 1. The topological polar surface area (TPSA) is 108 Å². The van der Waals surface area contributed by atoms with Gasteiger partial charge in [0.1, 0.15) is 5.82 Å². The van der Waals surface area contributed by atoms with Crippen LogP contribution in [0.25, 0.3) is 10.9 Å². The Bertz CT molecular complexity index is 1590. The normalized spacial score (nSPS) is 10.9. The number of carbonyl (C=O) groups is 1. The van der Waals surface area contributed by atoms with Crippen molar-refractivity contribution in [1.29, 1.82) is 0 Å². The second kappa shape index (κ2) is 9.60. The Morgan fingerprint density at radius 3 is 2.44 bits per heavy atom. The van der Waals surface area contributed by atoms with E-state index in [1.807, 2.05) is 30.3 Å². The maximum absolute atomic E-state index is 13.1. The van der Waals surface area contributed by atoms with Gasteiger partial charge in [-0.15, -0.1) is 0 Å². The molecule has 1 aromatic heterocycles. The molecule has 170 valence electrons. The summed E-state index contributed by atoms with van der Waals surface area (Å²) in [6.45, 7) is 0.0339. The summed E-state index contributed by atoms with van der Waals surface area (Å²) in [5, 5.41) is 2.87. The number of pyridine rings is 1. The second-order valence-corrected chi connectivity index (χ2v) is 8.90. The first-order valence-corrected chi connectivity index (χ1v) is 11.6. The molecule has 0 unspecified atom stereocenters. The van der Waals surface area contributed by atoms with Crippen molar-refractivity contribution < 1.29 is 17.6 Å². The van der Waals surface area contributed by atoms with E-state index in [0.29, 0.717) is 5.52 Å². The number of fused-ring (bicyclic) bond motifs is 1. The zero-order valence-electron chi connectivity index (χ0n) is 17.6. The quantitative estimate of drug-likeness (QED) is 0.385. The van der Waals surface area contributed by atoms with Crippen LogP contribution in [0.3, 0.4) is 0 Å². The summed E-state index contributed by atoms with van der Waals surface area (Å²) in [6.07, 6.45) is 0. The maximum atomic E-state index is 13.1. The van der Waals surface area contributed by atoms with Gasteiger partial charge in [0, 0.05) is 28.2 Å². The highest BCUT2D eigenvalue weighted by molar-refractivity contribution is 7.92. The van der Waals surface area contributed by atoms with E-state index in [1.54, 1.807) is 0 Å². The molecule has 3 aromatic carbocycles. The van der Waals surface area contributed by atoms with Crippen molar-refractivity contribution in [2.75, 3.05) is 11.3 Å². The minimum Gasteiger partial charge on any atom is -0.341 e. The lowest BCUT2D eigenvalue weighted by molar-refractivity contribution is 0.0960. The summed E-state index contributed by atoms with van der Waals surface area (Å²) in [5.74, 6) is 4.68. The number of halogens is 1. The number of amides is 1. The van der Waals surface area contributed by atoms with Gasteiger partial charge in [-0.3, -0.25) is 14.3 Å². The molecule has 0 bridgehead atoms. The van der Waals surface area contributed by atoms with Gasteiger partial charge in [0.2, 0.25) is 5.56 Å². The fraction of sp³-hybridized carbons (Fsp3) is 0.0400. The number of benzene rings is 3. The van der Waals surface area contributed by atoms with E-state index in [-0.39, 0.29) is 28.1 Å². The number of H-pyrrole nitrogens is 1. The van der Waals surface area contributed by atoms with Gasteiger partial charge in [0.15, 0.2) is 0 Å². The van der Waals surface area contributed by atoms with Crippen molar-refractivity contribution >= 4 is 32.5 Å². The van der Waals surface area contributed by atoms with Crippen LogP contribution >= 0.6 is 0 Å². The highest BCUT2D eigenvalue weighted by Crippen LogP contribution is 2.22. The van der Waals surface area contributed by atoms with Crippen LogP contribution in [0, 0.1) is 17.7 Å². The third-order valence-corrected chi connectivity index (χ3v) is 6.19. The largest absolute Gasteiger partial charge is 0.341 e. The van der Waals surface area contributed by atoms with E-state index in [0.717, 1.165) is 23.8 Å². The van der Waals surface area contributed by atoms with E-state index in [4.69, 9.17) is 0 Å². The molecule has 1 amide bonds. The summed E-state index contributed by atoms with van der Waals surface area (Å²) in [6, 6.07) is 19.2. The van der Waals surface area contributed by atoms with Crippen LogP contribution in [0.5, 0.6) is 0 Å². The molecule has 0 atom stereocenters. The Hall–Kier alpha value is -4.42. The summed E-state index contributed by atoms with van der Waals surface area (Å²) in [5.41, 5.74) is 0.778. The van der Waals surface area contributed by atoms with Gasteiger partial charge in [0.05, 0.1) is 17.0 Å². The van der Waals surface area contributed by atoms with Crippen LogP contribution in [-0.2, 0) is 10.0 Å². The van der Waals surface area contributed by atoms with Crippen LogP contribution in [0.4, 0.5) is 10.1 Å². The first-order valence-electron chi connectivity index (χ1n) is 10.1. The number of anilines is 1. The minimum atomic E-state index is -4.04. The van der Waals surface area contributed by atoms with Crippen LogP contribution in [-0.4, -0.2) is 25.9 Å². The summed E-state index contributed by atoms with van der Waals surface area (Å²) >= 11 is 0. The third-order valence-electron chi connectivity index (χ3n) is 4.81. The first kappa shape index (κ1) is 22.8. The highest BCUT2D eigenvalue weighted by Gasteiger charge is 2.18. The molecule has 34 heavy (non-hydrogen) atoms. The average molecular weight is 476 g/mol. The van der Waals surface area contributed by atoms with Crippen molar-refractivity contribution in [2.45, 2.75) is 4.90 Å². The van der Waals surface area contributed by atoms with Crippen molar-refractivity contribution in [2.24, 2.45) is 0 Å². The number of carbonyl (C=O) groups excluding carboxylic acids is 1. The van der Waals surface area contributed by atoms with Crippen molar-refractivity contribution in [3.05, 3.63) is 106 Å². The highest BCUT2D eigenvalue weighted by atomic mass is 32.2. The molecule has 4 aromatic rings. The standard InChI is InChI=1S/C25H18FN3O4S/c26-18-8-10-19(11-9-18)29-34(32,33)20-12-13-23-21(15-20)22(16-24(30)28-23)25(31)27-14-4-7-17-5-2-1-3-6-17/h1-3,5-6,8-13,15-16,29H,14H2,(H,27,31)(H,28,30). The van der Waals surface area contributed by atoms with Gasteiger partial charge in [-0.2, -0.15) is 0 Å². The molecule has 0 aliphatic heterocycles. The van der Waals surface area contributed by atoms with E-state index in [2.05, 4.69) is 26.9 Å². The number of aromatic nitrogens is 1. The zero-order chi connectivity index (χ0) is 24.1. The predicted molar refractivity (Wildman–Crippen MR) is 127 cm³/mol. The van der Waals surface area contributed by atoms with Crippen molar-refractivity contribution in [3.8, 4) is 11.8 Å². The van der Waals surface area contributed by atoms with Gasteiger partial charge in [-0.25, -0.2) is 12.8 Å².